The highest BCUT2D eigenvalue weighted by atomic mass is 19.1. The molecular formula is C10H10F2. The highest BCUT2D eigenvalue weighted by molar-refractivity contribution is 5.56. The van der Waals surface area contributed by atoms with Gasteiger partial charge in [0.25, 0.3) is 0 Å². The first kappa shape index (κ1) is 8.91. The van der Waals surface area contributed by atoms with Gasteiger partial charge in [0.05, 0.1) is 0 Å². The van der Waals surface area contributed by atoms with E-state index in [1.165, 1.54) is 6.08 Å². The van der Waals surface area contributed by atoms with E-state index in [1.54, 1.807) is 18.2 Å². The minimum atomic E-state index is -0.574. The van der Waals surface area contributed by atoms with E-state index < -0.39 is 13.3 Å². The van der Waals surface area contributed by atoms with Crippen LogP contribution in [0, 0.1) is 0 Å². The molecular weight excluding hydrogens is 158 g/mol. The van der Waals surface area contributed by atoms with E-state index in [0.717, 1.165) is 0 Å². The fraction of sp³-hybridized carbons (Fsp3) is 0.200. The number of halogens is 2. The summed E-state index contributed by atoms with van der Waals surface area (Å²) < 4.78 is 24.6. The predicted octanol–water partition coefficient (Wildman–Crippen LogP) is 3.27. The minimum absolute atomic E-state index is 0.500. The largest absolute Gasteiger partial charge is 0.246 e. The smallest absolute Gasteiger partial charge is 0.115 e. The standard InChI is InChI=1S/C10H10F2/c1-2-10-8(6-11)4-3-5-9(10)7-12/h2-5H,1,6-7H2. The van der Waals surface area contributed by atoms with Crippen LogP contribution in [0.25, 0.3) is 6.08 Å². The second-order valence-electron chi connectivity index (χ2n) is 2.46. The molecule has 0 aliphatic heterocycles. The summed E-state index contributed by atoms with van der Waals surface area (Å²) in [6, 6.07) is 4.92. The molecule has 0 heterocycles. The maximum Gasteiger partial charge on any atom is 0.115 e. The third-order valence-corrected chi connectivity index (χ3v) is 1.78. The van der Waals surface area contributed by atoms with Crippen molar-refractivity contribution in [1.29, 1.82) is 0 Å². The molecule has 0 unspecified atom stereocenters. The van der Waals surface area contributed by atoms with E-state index in [-0.39, 0.29) is 0 Å². The van der Waals surface area contributed by atoms with Gasteiger partial charge in [0.1, 0.15) is 13.3 Å². The first-order chi connectivity index (χ1) is 5.83. The quantitative estimate of drug-likeness (QED) is 0.649. The zero-order valence-electron chi connectivity index (χ0n) is 6.69. The Labute approximate surface area is 70.5 Å². The first-order valence-electron chi connectivity index (χ1n) is 3.68. The molecule has 1 rings (SSSR count). The van der Waals surface area contributed by atoms with Crippen molar-refractivity contribution in [3.05, 3.63) is 41.5 Å². The Morgan fingerprint density at radius 2 is 1.67 bits per heavy atom. The van der Waals surface area contributed by atoms with Gasteiger partial charge in [0.15, 0.2) is 0 Å². The summed E-state index contributed by atoms with van der Waals surface area (Å²) in [6.45, 7) is 2.37. The van der Waals surface area contributed by atoms with Crippen molar-refractivity contribution in [2.45, 2.75) is 13.3 Å². The maximum absolute atomic E-state index is 12.3. The van der Waals surface area contributed by atoms with Crippen LogP contribution in [0.15, 0.2) is 24.8 Å². The lowest BCUT2D eigenvalue weighted by Gasteiger charge is -2.05. The van der Waals surface area contributed by atoms with Gasteiger partial charge in [-0.25, -0.2) is 8.78 Å². The average Bonchev–Trinajstić information content (AvgIpc) is 2.16. The Balaban J connectivity index is 3.21. The molecule has 1 aromatic carbocycles. The van der Waals surface area contributed by atoms with Crippen LogP contribution in [-0.2, 0) is 13.3 Å². The van der Waals surface area contributed by atoms with Gasteiger partial charge in [-0.3, -0.25) is 0 Å². The number of benzene rings is 1. The second-order valence-corrected chi connectivity index (χ2v) is 2.46. The van der Waals surface area contributed by atoms with Crippen molar-refractivity contribution in [1.82, 2.24) is 0 Å². The summed E-state index contributed by atoms with van der Waals surface area (Å²) in [4.78, 5) is 0. The van der Waals surface area contributed by atoms with Gasteiger partial charge in [0.2, 0.25) is 0 Å². The molecule has 12 heavy (non-hydrogen) atoms. The molecule has 0 saturated heterocycles. The van der Waals surface area contributed by atoms with Gasteiger partial charge in [-0.05, 0) is 16.7 Å². The molecule has 0 N–H and O–H groups in total. The van der Waals surface area contributed by atoms with Gasteiger partial charge >= 0.3 is 0 Å². The van der Waals surface area contributed by atoms with Crippen molar-refractivity contribution in [2.24, 2.45) is 0 Å². The van der Waals surface area contributed by atoms with Crippen molar-refractivity contribution in [2.75, 3.05) is 0 Å². The molecule has 0 bridgehead atoms. The zero-order valence-corrected chi connectivity index (χ0v) is 6.69. The summed E-state index contributed by atoms with van der Waals surface area (Å²) >= 11 is 0. The van der Waals surface area contributed by atoms with Crippen LogP contribution in [0.4, 0.5) is 8.78 Å². The molecule has 0 saturated carbocycles. The summed E-state index contributed by atoms with van der Waals surface area (Å²) in [6.07, 6.45) is 1.49. The molecule has 0 atom stereocenters. The van der Waals surface area contributed by atoms with Crippen LogP contribution in [-0.4, -0.2) is 0 Å². The van der Waals surface area contributed by atoms with Crippen LogP contribution in [0.1, 0.15) is 16.7 Å². The van der Waals surface area contributed by atoms with Crippen LogP contribution < -0.4 is 0 Å². The van der Waals surface area contributed by atoms with Gasteiger partial charge in [0, 0.05) is 0 Å². The molecule has 0 aromatic heterocycles. The SMILES string of the molecule is C=Cc1c(CF)cccc1CF. The fourth-order valence-electron chi connectivity index (χ4n) is 1.16. The van der Waals surface area contributed by atoms with Crippen LogP contribution >= 0.6 is 0 Å². The molecule has 0 aliphatic rings. The van der Waals surface area contributed by atoms with Gasteiger partial charge in [-0.2, -0.15) is 0 Å². The van der Waals surface area contributed by atoms with Gasteiger partial charge in [-0.15, -0.1) is 0 Å². The lowest BCUT2D eigenvalue weighted by Crippen LogP contribution is -1.91. The Morgan fingerprint density at radius 1 is 1.17 bits per heavy atom. The van der Waals surface area contributed by atoms with Crippen molar-refractivity contribution < 1.29 is 8.78 Å². The van der Waals surface area contributed by atoms with Crippen molar-refractivity contribution >= 4 is 6.08 Å². The van der Waals surface area contributed by atoms with E-state index in [2.05, 4.69) is 6.58 Å². The summed E-state index contributed by atoms with van der Waals surface area (Å²) in [7, 11) is 0. The molecule has 64 valence electrons. The molecule has 1 aromatic rings. The van der Waals surface area contributed by atoms with Crippen LogP contribution in [0.3, 0.4) is 0 Å². The highest BCUT2D eigenvalue weighted by Gasteiger charge is 2.03. The first-order valence-corrected chi connectivity index (χ1v) is 3.68. The maximum atomic E-state index is 12.3. The minimum Gasteiger partial charge on any atom is -0.246 e. The van der Waals surface area contributed by atoms with E-state index in [0.29, 0.717) is 16.7 Å². The highest BCUT2D eigenvalue weighted by Crippen LogP contribution is 2.18. The molecule has 2 heteroatoms. The monoisotopic (exact) mass is 168 g/mol. The van der Waals surface area contributed by atoms with Gasteiger partial charge in [-0.1, -0.05) is 30.9 Å². The summed E-state index contributed by atoms with van der Waals surface area (Å²) in [5.41, 5.74) is 1.59. The van der Waals surface area contributed by atoms with E-state index in [4.69, 9.17) is 0 Å². The summed E-state index contributed by atoms with van der Waals surface area (Å²) in [5, 5.41) is 0. The molecule has 0 fully saturated rings. The van der Waals surface area contributed by atoms with E-state index >= 15 is 0 Å². The van der Waals surface area contributed by atoms with Crippen molar-refractivity contribution in [3.8, 4) is 0 Å². The van der Waals surface area contributed by atoms with Crippen LogP contribution in [0.2, 0.25) is 0 Å². The van der Waals surface area contributed by atoms with E-state index in [9.17, 15) is 8.78 Å². The number of hydrogen-bond donors (Lipinski definition) is 0. The molecule has 0 radical (unpaired) electrons. The molecule has 0 nitrogen and oxygen atoms in total. The average molecular weight is 168 g/mol. The number of alkyl halides is 2. The van der Waals surface area contributed by atoms with Crippen molar-refractivity contribution in [3.63, 3.8) is 0 Å². The molecule has 0 spiro atoms. The third kappa shape index (κ3) is 1.52. The topological polar surface area (TPSA) is 0 Å². The summed E-state index contributed by atoms with van der Waals surface area (Å²) in [5.74, 6) is 0. The molecule has 0 aliphatic carbocycles. The fourth-order valence-corrected chi connectivity index (χ4v) is 1.16. The second kappa shape index (κ2) is 4.00. The zero-order chi connectivity index (χ0) is 8.97. The Morgan fingerprint density at radius 3 is 2.00 bits per heavy atom. The number of hydrogen-bond acceptors (Lipinski definition) is 0. The Bertz CT molecular complexity index is 257. The van der Waals surface area contributed by atoms with Gasteiger partial charge < -0.3 is 0 Å². The van der Waals surface area contributed by atoms with E-state index in [1.807, 2.05) is 0 Å². The number of rotatable bonds is 3. The van der Waals surface area contributed by atoms with Crippen LogP contribution in [0.5, 0.6) is 0 Å². The normalized spacial score (nSPS) is 9.83. The lowest BCUT2D eigenvalue weighted by atomic mass is 10.0. The lowest BCUT2D eigenvalue weighted by molar-refractivity contribution is 0.474. The Hall–Kier alpha value is -1.18. The Kier molecular flexibility index (Phi) is 2.97. The third-order valence-electron chi connectivity index (χ3n) is 1.78. The predicted molar refractivity (Wildman–Crippen MR) is 46.2 cm³/mol. The molecule has 0 amide bonds.